The van der Waals surface area contributed by atoms with Crippen molar-refractivity contribution >= 4 is 29.2 Å². The standard InChI is InChI=1S/C15H10ClN7O2/c16-8-3-1-4-9(7-8)18-15-21-11(20-14(17)22-15)12-19-13(25-23-12)10-5-2-6-24-10/h1-7H,(H3,17,18,20,21,22). The summed E-state index contributed by atoms with van der Waals surface area (Å²) in [6.45, 7) is 0. The molecule has 0 atom stereocenters. The Morgan fingerprint density at radius 2 is 1.92 bits per heavy atom. The van der Waals surface area contributed by atoms with Gasteiger partial charge in [-0.3, -0.25) is 0 Å². The van der Waals surface area contributed by atoms with Gasteiger partial charge in [0.05, 0.1) is 6.26 Å². The molecule has 0 aliphatic rings. The minimum atomic E-state index is 0.0128. The van der Waals surface area contributed by atoms with E-state index in [4.69, 9.17) is 26.3 Å². The van der Waals surface area contributed by atoms with Crippen molar-refractivity contribution in [3.05, 3.63) is 47.7 Å². The molecule has 3 N–H and O–H groups in total. The molecule has 0 spiro atoms. The monoisotopic (exact) mass is 355 g/mol. The van der Waals surface area contributed by atoms with Crippen LogP contribution < -0.4 is 11.1 Å². The van der Waals surface area contributed by atoms with Crippen LogP contribution in [0.5, 0.6) is 0 Å². The van der Waals surface area contributed by atoms with E-state index >= 15 is 0 Å². The van der Waals surface area contributed by atoms with E-state index in [0.717, 1.165) is 0 Å². The Morgan fingerprint density at radius 1 is 1.00 bits per heavy atom. The second-order valence-corrected chi connectivity index (χ2v) is 5.31. The summed E-state index contributed by atoms with van der Waals surface area (Å²) in [7, 11) is 0. The largest absolute Gasteiger partial charge is 0.459 e. The number of rotatable bonds is 4. The molecule has 124 valence electrons. The molecule has 1 aromatic carbocycles. The summed E-state index contributed by atoms with van der Waals surface area (Å²) in [5.74, 6) is 1.22. The zero-order chi connectivity index (χ0) is 17.2. The summed E-state index contributed by atoms with van der Waals surface area (Å²) in [5, 5.41) is 7.42. The van der Waals surface area contributed by atoms with Crippen LogP contribution in [0.2, 0.25) is 5.02 Å². The van der Waals surface area contributed by atoms with Crippen LogP contribution in [0.15, 0.2) is 51.6 Å². The highest BCUT2D eigenvalue weighted by Gasteiger charge is 2.16. The first-order chi connectivity index (χ1) is 12.2. The van der Waals surface area contributed by atoms with Crippen molar-refractivity contribution in [3.63, 3.8) is 0 Å². The number of aromatic nitrogens is 5. The Hall–Kier alpha value is -3.46. The molecule has 9 nitrogen and oxygen atoms in total. The molecule has 0 saturated carbocycles. The molecule has 4 rings (SSSR count). The van der Waals surface area contributed by atoms with E-state index in [9.17, 15) is 0 Å². The van der Waals surface area contributed by atoms with Gasteiger partial charge in [0.25, 0.3) is 5.89 Å². The Labute approximate surface area is 145 Å². The first kappa shape index (κ1) is 15.1. The lowest BCUT2D eigenvalue weighted by Crippen LogP contribution is -2.05. The van der Waals surface area contributed by atoms with E-state index in [2.05, 4.69) is 30.4 Å². The van der Waals surface area contributed by atoms with Crippen LogP contribution in [0.25, 0.3) is 23.3 Å². The van der Waals surface area contributed by atoms with Crippen LogP contribution in [0, 0.1) is 0 Å². The minimum Gasteiger partial charge on any atom is -0.459 e. The molecule has 0 aliphatic carbocycles. The zero-order valence-corrected chi connectivity index (χ0v) is 13.3. The Morgan fingerprint density at radius 3 is 2.72 bits per heavy atom. The number of hydrogen-bond donors (Lipinski definition) is 2. The van der Waals surface area contributed by atoms with E-state index in [1.54, 1.807) is 30.3 Å². The number of halogens is 1. The van der Waals surface area contributed by atoms with Gasteiger partial charge in [-0.1, -0.05) is 22.8 Å². The van der Waals surface area contributed by atoms with E-state index in [-0.39, 0.29) is 29.4 Å². The predicted octanol–water partition coefficient (Wildman–Crippen LogP) is 3.16. The van der Waals surface area contributed by atoms with E-state index in [1.165, 1.54) is 6.26 Å². The number of furan rings is 1. The first-order valence-electron chi connectivity index (χ1n) is 7.09. The first-order valence-corrected chi connectivity index (χ1v) is 7.47. The molecular weight excluding hydrogens is 346 g/mol. The predicted molar refractivity (Wildman–Crippen MR) is 90.0 cm³/mol. The summed E-state index contributed by atoms with van der Waals surface area (Å²) >= 11 is 5.96. The lowest BCUT2D eigenvalue weighted by molar-refractivity contribution is 0.416. The zero-order valence-electron chi connectivity index (χ0n) is 12.5. The normalized spacial score (nSPS) is 10.8. The molecule has 0 saturated heterocycles. The van der Waals surface area contributed by atoms with Crippen LogP contribution in [0.1, 0.15) is 0 Å². The van der Waals surface area contributed by atoms with Crippen molar-refractivity contribution in [1.82, 2.24) is 25.1 Å². The van der Waals surface area contributed by atoms with Gasteiger partial charge in [0.2, 0.25) is 23.5 Å². The maximum atomic E-state index is 5.96. The van der Waals surface area contributed by atoms with Crippen LogP contribution in [0.3, 0.4) is 0 Å². The van der Waals surface area contributed by atoms with Crippen molar-refractivity contribution in [2.75, 3.05) is 11.1 Å². The number of nitrogens with one attached hydrogen (secondary N) is 1. The van der Waals surface area contributed by atoms with Crippen LogP contribution >= 0.6 is 11.6 Å². The number of anilines is 3. The maximum Gasteiger partial charge on any atom is 0.294 e. The third kappa shape index (κ3) is 3.26. The molecule has 0 amide bonds. The number of nitrogens with two attached hydrogens (primary N) is 1. The Bertz CT molecular complexity index is 1020. The summed E-state index contributed by atoms with van der Waals surface area (Å²) < 4.78 is 10.4. The van der Waals surface area contributed by atoms with Gasteiger partial charge in [0, 0.05) is 10.7 Å². The van der Waals surface area contributed by atoms with Gasteiger partial charge in [0.1, 0.15) is 0 Å². The molecule has 0 unspecified atom stereocenters. The van der Waals surface area contributed by atoms with Gasteiger partial charge in [-0.15, -0.1) is 0 Å². The van der Waals surface area contributed by atoms with Gasteiger partial charge < -0.3 is 20.0 Å². The van der Waals surface area contributed by atoms with Crippen molar-refractivity contribution in [2.24, 2.45) is 0 Å². The molecule has 3 heterocycles. The summed E-state index contributed by atoms with van der Waals surface area (Å²) in [6, 6.07) is 10.5. The SMILES string of the molecule is Nc1nc(Nc2cccc(Cl)c2)nc(-c2noc(-c3ccco3)n2)n1. The second kappa shape index (κ2) is 6.21. The summed E-state index contributed by atoms with van der Waals surface area (Å²) in [4.78, 5) is 16.5. The van der Waals surface area contributed by atoms with Crippen LogP contribution in [-0.4, -0.2) is 25.1 Å². The Balaban J connectivity index is 1.66. The number of nitrogens with zero attached hydrogens (tertiary/aromatic N) is 5. The number of benzene rings is 1. The summed E-state index contributed by atoms with van der Waals surface area (Å²) in [5.41, 5.74) is 6.45. The van der Waals surface area contributed by atoms with Crippen molar-refractivity contribution in [2.45, 2.75) is 0 Å². The summed E-state index contributed by atoms with van der Waals surface area (Å²) in [6.07, 6.45) is 1.51. The highest BCUT2D eigenvalue weighted by Crippen LogP contribution is 2.23. The Kier molecular flexibility index (Phi) is 3.75. The van der Waals surface area contributed by atoms with E-state index in [0.29, 0.717) is 16.5 Å². The molecular formula is C15H10ClN7O2. The molecule has 10 heteroatoms. The second-order valence-electron chi connectivity index (χ2n) is 4.88. The smallest absolute Gasteiger partial charge is 0.294 e. The molecule has 3 aromatic heterocycles. The van der Waals surface area contributed by atoms with Gasteiger partial charge in [-0.25, -0.2) is 0 Å². The van der Waals surface area contributed by atoms with E-state index < -0.39 is 0 Å². The lowest BCUT2D eigenvalue weighted by atomic mass is 10.3. The molecule has 0 fully saturated rings. The van der Waals surface area contributed by atoms with Crippen LogP contribution in [0.4, 0.5) is 17.6 Å². The number of hydrogen-bond acceptors (Lipinski definition) is 9. The third-order valence-corrected chi connectivity index (χ3v) is 3.33. The van der Waals surface area contributed by atoms with Gasteiger partial charge in [0.15, 0.2) is 5.76 Å². The minimum absolute atomic E-state index is 0.0128. The van der Waals surface area contributed by atoms with Gasteiger partial charge in [-0.2, -0.15) is 19.9 Å². The fourth-order valence-electron chi connectivity index (χ4n) is 2.06. The van der Waals surface area contributed by atoms with Crippen molar-refractivity contribution in [3.8, 4) is 23.3 Å². The average molecular weight is 356 g/mol. The topological polar surface area (TPSA) is 129 Å². The fraction of sp³-hybridized carbons (Fsp3) is 0. The highest BCUT2D eigenvalue weighted by molar-refractivity contribution is 6.30. The van der Waals surface area contributed by atoms with Gasteiger partial charge >= 0.3 is 0 Å². The maximum absolute atomic E-state index is 5.96. The molecule has 0 bridgehead atoms. The van der Waals surface area contributed by atoms with Gasteiger partial charge in [-0.05, 0) is 30.3 Å². The molecule has 4 aromatic rings. The fourth-order valence-corrected chi connectivity index (χ4v) is 2.25. The average Bonchev–Trinajstić information content (AvgIpc) is 3.26. The van der Waals surface area contributed by atoms with Crippen molar-refractivity contribution < 1.29 is 8.94 Å². The van der Waals surface area contributed by atoms with E-state index in [1.807, 2.05) is 6.07 Å². The van der Waals surface area contributed by atoms with Crippen LogP contribution in [-0.2, 0) is 0 Å². The lowest BCUT2D eigenvalue weighted by Gasteiger charge is -2.06. The number of nitrogen functional groups attached to an aromatic ring is 1. The third-order valence-electron chi connectivity index (χ3n) is 3.09. The highest BCUT2D eigenvalue weighted by atomic mass is 35.5. The molecule has 0 radical (unpaired) electrons. The van der Waals surface area contributed by atoms with Crippen molar-refractivity contribution in [1.29, 1.82) is 0 Å². The quantitative estimate of drug-likeness (QED) is 0.566. The molecule has 0 aliphatic heterocycles. The molecule has 25 heavy (non-hydrogen) atoms.